The van der Waals surface area contributed by atoms with Crippen LogP contribution in [0, 0.1) is 5.92 Å². The van der Waals surface area contributed by atoms with E-state index in [-0.39, 0.29) is 0 Å². The summed E-state index contributed by atoms with van der Waals surface area (Å²) in [5.41, 5.74) is 0. The van der Waals surface area contributed by atoms with Gasteiger partial charge in [0.1, 0.15) is 0 Å². The highest BCUT2D eigenvalue weighted by atomic mass is 16.5. The second kappa shape index (κ2) is 8.06. The van der Waals surface area contributed by atoms with E-state index >= 15 is 0 Å². The minimum absolute atomic E-state index is 0.660. The summed E-state index contributed by atoms with van der Waals surface area (Å²) in [6, 6.07) is 1.53. The SMILES string of the molecule is COCCCNCC(C)N(CC(C)C)C1CC1. The third-order valence-electron chi connectivity index (χ3n) is 3.30. The van der Waals surface area contributed by atoms with Crippen molar-refractivity contribution in [2.75, 3.05) is 33.4 Å². The minimum atomic E-state index is 0.660. The lowest BCUT2D eigenvalue weighted by Crippen LogP contribution is -2.43. The molecule has 17 heavy (non-hydrogen) atoms. The highest BCUT2D eigenvalue weighted by Gasteiger charge is 2.31. The van der Waals surface area contributed by atoms with Crippen LogP contribution >= 0.6 is 0 Å². The molecule has 1 unspecified atom stereocenters. The first-order valence-corrected chi connectivity index (χ1v) is 7.10. The van der Waals surface area contributed by atoms with Crippen molar-refractivity contribution in [3.05, 3.63) is 0 Å². The summed E-state index contributed by atoms with van der Waals surface area (Å²) >= 11 is 0. The van der Waals surface area contributed by atoms with Gasteiger partial charge in [0.15, 0.2) is 0 Å². The number of rotatable bonds is 10. The molecule has 0 bridgehead atoms. The zero-order valence-electron chi connectivity index (χ0n) is 12.0. The van der Waals surface area contributed by atoms with Gasteiger partial charge in [0.05, 0.1) is 0 Å². The molecule has 0 aromatic heterocycles. The van der Waals surface area contributed by atoms with Gasteiger partial charge < -0.3 is 10.1 Å². The van der Waals surface area contributed by atoms with Gasteiger partial charge >= 0.3 is 0 Å². The predicted octanol–water partition coefficient (Wildman–Crippen LogP) is 2.12. The van der Waals surface area contributed by atoms with Crippen molar-refractivity contribution >= 4 is 0 Å². The first kappa shape index (κ1) is 14.9. The van der Waals surface area contributed by atoms with Gasteiger partial charge in [0.25, 0.3) is 0 Å². The normalized spacial score (nSPS) is 18.0. The molecule has 0 aliphatic heterocycles. The number of hydrogen-bond donors (Lipinski definition) is 1. The predicted molar refractivity (Wildman–Crippen MR) is 73.4 cm³/mol. The Hall–Kier alpha value is -0.120. The third-order valence-corrected chi connectivity index (χ3v) is 3.30. The van der Waals surface area contributed by atoms with Gasteiger partial charge in [0.2, 0.25) is 0 Å². The number of ether oxygens (including phenoxy) is 1. The van der Waals surface area contributed by atoms with Crippen LogP contribution in [0.15, 0.2) is 0 Å². The van der Waals surface area contributed by atoms with Crippen LogP contribution < -0.4 is 5.32 Å². The Morgan fingerprint density at radius 3 is 2.53 bits per heavy atom. The maximum absolute atomic E-state index is 5.05. The van der Waals surface area contributed by atoms with Crippen LogP contribution in [0.2, 0.25) is 0 Å². The van der Waals surface area contributed by atoms with Crippen molar-refractivity contribution in [2.45, 2.75) is 52.1 Å². The monoisotopic (exact) mass is 242 g/mol. The summed E-state index contributed by atoms with van der Waals surface area (Å²) in [7, 11) is 1.76. The van der Waals surface area contributed by atoms with Crippen LogP contribution in [-0.2, 0) is 4.74 Å². The average molecular weight is 242 g/mol. The molecule has 3 heteroatoms. The number of nitrogens with zero attached hydrogens (tertiary/aromatic N) is 1. The molecule has 1 atom stereocenters. The molecule has 1 rings (SSSR count). The van der Waals surface area contributed by atoms with Crippen molar-refractivity contribution in [3.63, 3.8) is 0 Å². The Morgan fingerprint density at radius 1 is 1.29 bits per heavy atom. The summed E-state index contributed by atoms with van der Waals surface area (Å²) in [5.74, 6) is 0.770. The fourth-order valence-electron chi connectivity index (χ4n) is 2.29. The van der Waals surface area contributed by atoms with E-state index in [4.69, 9.17) is 4.74 Å². The molecular formula is C14H30N2O. The molecular weight excluding hydrogens is 212 g/mol. The summed E-state index contributed by atoms with van der Waals surface area (Å²) in [5, 5.41) is 3.53. The van der Waals surface area contributed by atoms with Crippen LogP contribution in [0.5, 0.6) is 0 Å². The molecule has 3 nitrogen and oxygen atoms in total. The lowest BCUT2D eigenvalue weighted by atomic mass is 10.1. The van der Waals surface area contributed by atoms with E-state index in [2.05, 4.69) is 31.0 Å². The molecule has 1 aliphatic carbocycles. The standard InChI is InChI=1S/C14H30N2O/c1-12(2)11-16(14-6-7-14)13(3)10-15-8-5-9-17-4/h12-15H,5-11H2,1-4H3. The molecule has 0 aromatic carbocycles. The van der Waals surface area contributed by atoms with Crippen molar-refractivity contribution in [1.29, 1.82) is 0 Å². The second-order valence-electron chi connectivity index (χ2n) is 5.72. The molecule has 0 heterocycles. The van der Waals surface area contributed by atoms with E-state index in [1.807, 2.05) is 0 Å². The molecule has 0 radical (unpaired) electrons. The molecule has 1 fully saturated rings. The molecule has 1 N–H and O–H groups in total. The average Bonchev–Trinajstić information content (AvgIpc) is 3.09. The first-order chi connectivity index (χ1) is 8.15. The Morgan fingerprint density at radius 2 is 2.00 bits per heavy atom. The Labute approximate surface area is 107 Å². The fraction of sp³-hybridized carbons (Fsp3) is 1.00. The van der Waals surface area contributed by atoms with E-state index in [1.165, 1.54) is 19.4 Å². The molecule has 0 aromatic rings. The van der Waals surface area contributed by atoms with Crippen LogP contribution in [0.3, 0.4) is 0 Å². The van der Waals surface area contributed by atoms with Crippen LogP contribution in [0.1, 0.15) is 40.0 Å². The van der Waals surface area contributed by atoms with E-state index < -0.39 is 0 Å². The summed E-state index contributed by atoms with van der Waals surface area (Å²) < 4.78 is 5.05. The van der Waals surface area contributed by atoms with Crippen molar-refractivity contribution in [3.8, 4) is 0 Å². The topological polar surface area (TPSA) is 24.5 Å². The Bertz CT molecular complexity index is 193. The lowest BCUT2D eigenvalue weighted by molar-refractivity contribution is 0.169. The molecule has 102 valence electrons. The van der Waals surface area contributed by atoms with Crippen molar-refractivity contribution in [2.24, 2.45) is 5.92 Å². The Kier molecular flexibility index (Phi) is 7.09. The lowest BCUT2D eigenvalue weighted by Gasteiger charge is -2.31. The number of nitrogens with one attached hydrogen (secondary N) is 1. The van der Waals surface area contributed by atoms with E-state index in [9.17, 15) is 0 Å². The number of methoxy groups -OCH3 is 1. The van der Waals surface area contributed by atoms with Gasteiger partial charge in [-0.25, -0.2) is 0 Å². The van der Waals surface area contributed by atoms with Crippen LogP contribution in [0.25, 0.3) is 0 Å². The summed E-state index contributed by atoms with van der Waals surface area (Å²) in [6.07, 6.45) is 3.91. The quantitative estimate of drug-likeness (QED) is 0.594. The molecule has 0 amide bonds. The Balaban J connectivity index is 2.16. The molecule has 0 saturated heterocycles. The second-order valence-corrected chi connectivity index (χ2v) is 5.72. The third kappa shape index (κ3) is 6.39. The smallest absolute Gasteiger partial charge is 0.0474 e. The minimum Gasteiger partial charge on any atom is -0.385 e. The van der Waals surface area contributed by atoms with Gasteiger partial charge in [-0.05, 0) is 38.6 Å². The highest BCUT2D eigenvalue weighted by molar-refractivity contribution is 4.88. The summed E-state index contributed by atoms with van der Waals surface area (Å²) in [6.45, 7) is 11.3. The van der Waals surface area contributed by atoms with E-state index in [0.717, 1.165) is 38.1 Å². The molecule has 0 spiro atoms. The van der Waals surface area contributed by atoms with Crippen LogP contribution in [0.4, 0.5) is 0 Å². The maximum atomic E-state index is 5.05. The zero-order chi connectivity index (χ0) is 12.7. The van der Waals surface area contributed by atoms with E-state index in [1.54, 1.807) is 7.11 Å². The maximum Gasteiger partial charge on any atom is 0.0474 e. The zero-order valence-corrected chi connectivity index (χ0v) is 12.0. The van der Waals surface area contributed by atoms with Gasteiger partial charge in [0, 0.05) is 38.9 Å². The van der Waals surface area contributed by atoms with Crippen molar-refractivity contribution < 1.29 is 4.74 Å². The fourth-order valence-corrected chi connectivity index (χ4v) is 2.29. The van der Waals surface area contributed by atoms with Gasteiger partial charge in [-0.1, -0.05) is 13.8 Å². The molecule has 1 saturated carbocycles. The van der Waals surface area contributed by atoms with Crippen molar-refractivity contribution in [1.82, 2.24) is 10.2 Å². The molecule has 1 aliphatic rings. The number of hydrogen-bond acceptors (Lipinski definition) is 3. The first-order valence-electron chi connectivity index (χ1n) is 7.10. The van der Waals surface area contributed by atoms with Gasteiger partial charge in [-0.3, -0.25) is 4.90 Å². The summed E-state index contributed by atoms with van der Waals surface area (Å²) in [4.78, 5) is 2.69. The van der Waals surface area contributed by atoms with Gasteiger partial charge in [-0.15, -0.1) is 0 Å². The highest BCUT2D eigenvalue weighted by Crippen LogP contribution is 2.29. The van der Waals surface area contributed by atoms with Crippen LogP contribution in [-0.4, -0.2) is 50.3 Å². The van der Waals surface area contributed by atoms with E-state index in [0.29, 0.717) is 6.04 Å². The van der Waals surface area contributed by atoms with Gasteiger partial charge in [-0.2, -0.15) is 0 Å². The largest absolute Gasteiger partial charge is 0.385 e.